The number of aliphatic carboxylic acids is 2. The van der Waals surface area contributed by atoms with Gasteiger partial charge in [-0.1, -0.05) is 0 Å². The van der Waals surface area contributed by atoms with Crippen LogP contribution in [0.3, 0.4) is 0 Å². The van der Waals surface area contributed by atoms with Crippen molar-refractivity contribution in [2.45, 2.75) is 0 Å². The number of hydrogen-bond acceptors (Lipinski definition) is 11. The maximum Gasteiger partial charge on any atom is 0.433 e. The molecule has 1 aliphatic rings. The molecule has 158 valence electrons. The number of nitrogens with zero attached hydrogens (tertiary/aromatic N) is 4. The zero-order valence-electron chi connectivity index (χ0n) is 15.5. The first-order valence-electron chi connectivity index (χ1n) is 8.24. The van der Waals surface area contributed by atoms with Crippen molar-refractivity contribution in [1.82, 2.24) is 15.2 Å². The molecule has 1 aliphatic heterocycles. The first-order valence-corrected chi connectivity index (χ1v) is 8.24. The zero-order chi connectivity index (χ0) is 21.8. The summed E-state index contributed by atoms with van der Waals surface area (Å²) in [6, 6.07) is 2.64. The van der Waals surface area contributed by atoms with Crippen molar-refractivity contribution < 1.29 is 33.9 Å². The highest BCUT2D eigenvalue weighted by molar-refractivity contribution is 5.87. The average Bonchev–Trinajstić information content (AvgIpc) is 3.12. The Bertz CT molecular complexity index is 764. The van der Waals surface area contributed by atoms with Crippen molar-refractivity contribution in [1.29, 1.82) is 0 Å². The van der Waals surface area contributed by atoms with Gasteiger partial charge in [-0.25, -0.2) is 5.43 Å². The lowest BCUT2D eigenvalue weighted by atomic mass is 10.3. The van der Waals surface area contributed by atoms with Crippen LogP contribution in [-0.2, 0) is 14.4 Å². The van der Waals surface area contributed by atoms with Crippen LogP contribution in [0.25, 0.3) is 0 Å². The maximum absolute atomic E-state index is 11.7. The number of carbonyl (C=O) groups is 3. The Morgan fingerprint density at radius 1 is 1.17 bits per heavy atom. The fourth-order valence-electron chi connectivity index (χ4n) is 2.06. The number of hydrazone groups is 1. The van der Waals surface area contributed by atoms with Crippen LogP contribution in [0.4, 0.5) is 5.88 Å². The van der Waals surface area contributed by atoms with E-state index in [0.717, 1.165) is 26.2 Å². The summed E-state index contributed by atoms with van der Waals surface area (Å²) in [4.78, 5) is 44.5. The van der Waals surface area contributed by atoms with E-state index in [1.54, 1.807) is 0 Å². The Morgan fingerprint density at radius 3 is 2.24 bits per heavy atom. The highest BCUT2D eigenvalue weighted by Crippen LogP contribution is 2.13. The number of furan rings is 1. The number of amides is 1. The number of nitrogens with one attached hydrogen (secondary N) is 1. The van der Waals surface area contributed by atoms with Crippen LogP contribution in [0.15, 0.2) is 33.8 Å². The molecule has 29 heavy (non-hydrogen) atoms. The van der Waals surface area contributed by atoms with Gasteiger partial charge in [-0.05, 0) is 25.3 Å². The van der Waals surface area contributed by atoms with E-state index in [4.69, 9.17) is 4.42 Å². The van der Waals surface area contributed by atoms with Gasteiger partial charge in [-0.3, -0.25) is 19.8 Å². The summed E-state index contributed by atoms with van der Waals surface area (Å²) < 4.78 is 4.87. The summed E-state index contributed by atoms with van der Waals surface area (Å²) in [5.41, 5.74) is 2.37. The van der Waals surface area contributed by atoms with Crippen LogP contribution >= 0.6 is 0 Å². The molecule has 0 bridgehead atoms. The highest BCUT2D eigenvalue weighted by Gasteiger charge is 2.16. The molecule has 13 heteroatoms. The third-order valence-corrected chi connectivity index (χ3v) is 3.49. The van der Waals surface area contributed by atoms with Crippen molar-refractivity contribution in [3.8, 4) is 0 Å². The van der Waals surface area contributed by atoms with E-state index < -0.39 is 16.9 Å². The lowest BCUT2D eigenvalue weighted by Gasteiger charge is -2.31. The van der Waals surface area contributed by atoms with Gasteiger partial charge in [0.05, 0.1) is 30.8 Å². The fraction of sp³-hybridized carbons (Fsp3) is 0.375. The van der Waals surface area contributed by atoms with Crippen molar-refractivity contribution in [2.24, 2.45) is 5.10 Å². The molecule has 1 saturated heterocycles. The number of hydrogen-bond donors (Lipinski definition) is 1. The minimum Gasteiger partial charge on any atom is -0.545 e. The Kier molecular flexibility index (Phi) is 9.70. The quantitative estimate of drug-likeness (QED) is 0.210. The molecule has 0 aliphatic carbocycles. The predicted molar refractivity (Wildman–Crippen MR) is 94.2 cm³/mol. The molecule has 0 atom stereocenters. The van der Waals surface area contributed by atoms with Crippen molar-refractivity contribution in [3.63, 3.8) is 0 Å². The normalized spacial score (nSPS) is 15.1. The lowest BCUT2D eigenvalue weighted by molar-refractivity contribution is -0.402. The summed E-state index contributed by atoms with van der Waals surface area (Å²) >= 11 is 0. The second-order valence-corrected chi connectivity index (χ2v) is 5.78. The van der Waals surface area contributed by atoms with Crippen molar-refractivity contribution in [2.75, 3.05) is 39.8 Å². The van der Waals surface area contributed by atoms with Gasteiger partial charge >= 0.3 is 5.88 Å². The van der Waals surface area contributed by atoms with Crippen LogP contribution in [0.1, 0.15) is 5.76 Å². The number of likely N-dealkylation sites (N-methyl/N-ethyl adjacent to an activating group) is 1. The molecule has 1 N–H and O–H groups in total. The topological polar surface area (TPSA) is 184 Å². The Hall–Kier alpha value is -3.58. The van der Waals surface area contributed by atoms with Crippen molar-refractivity contribution >= 4 is 29.9 Å². The summed E-state index contributed by atoms with van der Waals surface area (Å²) in [6.07, 6.45) is 2.00. The second kappa shape index (κ2) is 12.0. The molecule has 0 unspecified atom stereocenters. The van der Waals surface area contributed by atoms with E-state index in [9.17, 15) is 34.7 Å². The van der Waals surface area contributed by atoms with Crippen LogP contribution in [0.2, 0.25) is 0 Å². The van der Waals surface area contributed by atoms with Gasteiger partial charge in [-0.15, -0.1) is 0 Å². The van der Waals surface area contributed by atoms with E-state index in [1.165, 1.54) is 18.3 Å². The van der Waals surface area contributed by atoms with Gasteiger partial charge in [0.1, 0.15) is 4.92 Å². The minimum absolute atomic E-state index is 0.210. The molecule has 1 aromatic rings. The Balaban J connectivity index is 0.000000447. The molecule has 0 spiro atoms. The third-order valence-electron chi connectivity index (χ3n) is 3.49. The molecule has 13 nitrogen and oxygen atoms in total. The molecule has 1 aromatic heterocycles. The van der Waals surface area contributed by atoms with Crippen molar-refractivity contribution in [3.05, 3.63) is 40.2 Å². The average molecular weight is 409 g/mol. The second-order valence-electron chi connectivity index (χ2n) is 5.78. The number of carboxylic acids is 2. The number of carboxylic acid groups (broad SMARTS) is 2. The number of rotatable bonds is 7. The van der Waals surface area contributed by atoms with Gasteiger partial charge in [0.15, 0.2) is 5.76 Å². The van der Waals surface area contributed by atoms with Crippen LogP contribution < -0.4 is 15.6 Å². The highest BCUT2D eigenvalue weighted by atomic mass is 16.6. The predicted octanol–water partition coefficient (Wildman–Crippen LogP) is -3.07. The lowest BCUT2D eigenvalue weighted by Crippen LogP contribution is -2.47. The van der Waals surface area contributed by atoms with E-state index in [-0.39, 0.29) is 24.1 Å². The van der Waals surface area contributed by atoms with Crippen LogP contribution in [-0.4, -0.2) is 78.6 Å². The summed E-state index contributed by atoms with van der Waals surface area (Å²) in [7, 11) is 2.05. The molecule has 0 saturated carbocycles. The molecule has 2 heterocycles. The molecule has 2 rings (SSSR count). The first-order chi connectivity index (χ1) is 13.7. The Labute approximate surface area is 165 Å². The summed E-state index contributed by atoms with van der Waals surface area (Å²) in [5.74, 6) is -3.47. The minimum atomic E-state index is -1.55. The fourth-order valence-corrected chi connectivity index (χ4v) is 2.06. The van der Waals surface area contributed by atoms with Gasteiger partial charge in [0.25, 0.3) is 5.91 Å². The summed E-state index contributed by atoms with van der Waals surface area (Å²) in [5, 5.41) is 33.0. The van der Waals surface area contributed by atoms with E-state index in [1.807, 2.05) is 11.9 Å². The monoisotopic (exact) mass is 409 g/mol. The smallest absolute Gasteiger partial charge is 0.433 e. The zero-order valence-corrected chi connectivity index (χ0v) is 15.5. The third kappa shape index (κ3) is 10.4. The number of piperazine rings is 1. The standard InChI is InChI=1S/C12H17N5O4.C4H4O4/c1-15-4-6-16(7-5-15)9-11(18)14-13-8-10-2-3-12(21-10)17(19)20;5-3(6)1-2-4(7)8/h2-3,8H,4-7,9H2,1H3,(H,14,18);1-2H,(H,5,6)(H,7,8)/p-2/b13-8+;2-1-. The first kappa shape index (κ1) is 23.5. The summed E-state index contributed by atoms with van der Waals surface area (Å²) in [6.45, 7) is 3.85. The molecular weight excluding hydrogens is 390 g/mol. The van der Waals surface area contributed by atoms with Crippen LogP contribution in [0.5, 0.6) is 0 Å². The van der Waals surface area contributed by atoms with Gasteiger partial charge in [0.2, 0.25) is 0 Å². The van der Waals surface area contributed by atoms with Gasteiger partial charge < -0.3 is 29.1 Å². The van der Waals surface area contributed by atoms with Gasteiger partial charge in [-0.2, -0.15) is 5.10 Å². The largest absolute Gasteiger partial charge is 0.545 e. The number of carbonyl (C=O) groups excluding carboxylic acids is 3. The molecular formula is C16H19N5O8-2. The Morgan fingerprint density at radius 2 is 1.76 bits per heavy atom. The SMILES string of the molecule is CN1CCN(CC(=O)N/N=C/c2ccc([N+](=O)[O-])o2)CC1.O=C([O-])/C=C\C(=O)[O-]. The van der Waals surface area contributed by atoms with E-state index >= 15 is 0 Å². The number of nitro groups is 1. The molecule has 1 fully saturated rings. The van der Waals surface area contributed by atoms with E-state index in [0.29, 0.717) is 12.2 Å². The van der Waals surface area contributed by atoms with Crippen LogP contribution in [0, 0.1) is 10.1 Å². The van der Waals surface area contributed by atoms with E-state index in [2.05, 4.69) is 15.4 Å². The molecule has 1 amide bonds. The molecule has 0 aromatic carbocycles. The molecule has 0 radical (unpaired) electrons. The van der Waals surface area contributed by atoms with Gasteiger partial charge in [0, 0.05) is 26.2 Å². The maximum atomic E-state index is 11.7.